The summed E-state index contributed by atoms with van der Waals surface area (Å²) >= 11 is 12.0. The summed E-state index contributed by atoms with van der Waals surface area (Å²) in [6.07, 6.45) is 2.01. The van der Waals surface area contributed by atoms with E-state index in [0.29, 0.717) is 15.6 Å². The Hall–Kier alpha value is -2.11. The summed E-state index contributed by atoms with van der Waals surface area (Å²) in [5.41, 5.74) is 1.06. The van der Waals surface area contributed by atoms with Crippen molar-refractivity contribution in [2.75, 3.05) is 0 Å². The van der Waals surface area contributed by atoms with Gasteiger partial charge in [0, 0.05) is 22.4 Å². The molecule has 0 fully saturated rings. The van der Waals surface area contributed by atoms with Gasteiger partial charge in [0.2, 0.25) is 0 Å². The van der Waals surface area contributed by atoms with Crippen LogP contribution in [0, 0.1) is 0 Å². The zero-order valence-corrected chi connectivity index (χ0v) is 14.6. The number of hydrogen-bond acceptors (Lipinski definition) is 4. The highest BCUT2D eigenvalue weighted by atomic mass is 35.5. The van der Waals surface area contributed by atoms with Crippen molar-refractivity contribution in [1.82, 2.24) is 10.3 Å². The molecule has 1 aromatic carbocycles. The minimum atomic E-state index is -0.945. The van der Waals surface area contributed by atoms with Crippen molar-refractivity contribution in [2.24, 2.45) is 0 Å². The number of nitrogens with zero attached hydrogens (tertiary/aromatic N) is 1. The number of pyridine rings is 1. The van der Waals surface area contributed by atoms with Crippen LogP contribution >= 0.6 is 23.2 Å². The molecule has 0 aliphatic heterocycles. The zero-order chi connectivity index (χ0) is 17.7. The molecule has 2 atom stereocenters. The first-order chi connectivity index (χ1) is 11.4. The van der Waals surface area contributed by atoms with Gasteiger partial charge < -0.3 is 10.1 Å². The maximum Gasteiger partial charge on any atom is 0.339 e. The van der Waals surface area contributed by atoms with Gasteiger partial charge in [-0.15, -0.1) is 0 Å². The second-order valence-electron chi connectivity index (χ2n) is 5.18. The number of halogens is 2. The lowest BCUT2D eigenvalue weighted by Gasteiger charge is -2.19. The third-order valence-corrected chi connectivity index (χ3v) is 3.92. The van der Waals surface area contributed by atoms with Crippen molar-refractivity contribution >= 4 is 35.1 Å². The van der Waals surface area contributed by atoms with E-state index in [1.54, 1.807) is 25.1 Å². The van der Waals surface area contributed by atoms with E-state index in [1.807, 2.05) is 0 Å². The van der Waals surface area contributed by atoms with Gasteiger partial charge in [-0.1, -0.05) is 29.3 Å². The highest BCUT2D eigenvalue weighted by Gasteiger charge is 2.21. The maximum absolute atomic E-state index is 12.2. The van der Waals surface area contributed by atoms with Crippen LogP contribution in [0.3, 0.4) is 0 Å². The van der Waals surface area contributed by atoms with E-state index in [9.17, 15) is 9.59 Å². The summed E-state index contributed by atoms with van der Waals surface area (Å²) in [7, 11) is 0. The molecule has 1 aromatic heterocycles. The lowest BCUT2D eigenvalue weighted by atomic mass is 10.1. The van der Waals surface area contributed by atoms with Crippen molar-refractivity contribution in [3.05, 3.63) is 63.9 Å². The predicted molar refractivity (Wildman–Crippen MR) is 92.1 cm³/mol. The molecule has 7 heteroatoms. The molecule has 0 aliphatic rings. The summed E-state index contributed by atoms with van der Waals surface area (Å²) in [6.45, 7) is 3.29. The standard InChI is InChI=1S/C17H16Cl2N2O3/c1-10(14-4-3-13(18)9-15(14)19)21-16(22)11(2)24-17(23)12-5-7-20-8-6-12/h3-11H,1-2H3,(H,21,22)/t10-,11+/m0/s1. The van der Waals surface area contributed by atoms with Crippen LogP contribution in [0.2, 0.25) is 10.0 Å². The monoisotopic (exact) mass is 366 g/mol. The number of nitrogens with one attached hydrogen (secondary N) is 1. The second-order valence-corrected chi connectivity index (χ2v) is 6.02. The summed E-state index contributed by atoms with van der Waals surface area (Å²) in [5.74, 6) is -1.01. The summed E-state index contributed by atoms with van der Waals surface area (Å²) in [5, 5.41) is 3.73. The molecule has 0 spiro atoms. The Balaban J connectivity index is 1.97. The molecule has 1 N–H and O–H groups in total. The van der Waals surface area contributed by atoms with Gasteiger partial charge in [0.05, 0.1) is 11.6 Å². The quantitative estimate of drug-likeness (QED) is 0.816. The first kappa shape index (κ1) is 18.2. The van der Waals surface area contributed by atoms with Crippen molar-refractivity contribution in [2.45, 2.75) is 26.0 Å². The molecule has 0 aliphatic carbocycles. The van der Waals surface area contributed by atoms with Crippen LogP contribution < -0.4 is 5.32 Å². The molecule has 5 nitrogen and oxygen atoms in total. The summed E-state index contributed by atoms with van der Waals surface area (Å²) in [6, 6.07) is 7.71. The van der Waals surface area contributed by atoms with Crippen LogP contribution in [0.5, 0.6) is 0 Å². The molecule has 1 amide bonds. The van der Waals surface area contributed by atoms with E-state index < -0.39 is 18.0 Å². The fourth-order valence-corrected chi connectivity index (χ4v) is 2.60. The van der Waals surface area contributed by atoms with Gasteiger partial charge in [-0.3, -0.25) is 9.78 Å². The number of hydrogen-bond donors (Lipinski definition) is 1. The molecular formula is C17H16Cl2N2O3. The molecule has 24 heavy (non-hydrogen) atoms. The number of amides is 1. The highest BCUT2D eigenvalue weighted by molar-refractivity contribution is 6.35. The Morgan fingerprint density at radius 2 is 1.79 bits per heavy atom. The smallest absolute Gasteiger partial charge is 0.339 e. The molecule has 1 heterocycles. The summed E-state index contributed by atoms with van der Waals surface area (Å²) < 4.78 is 5.15. The number of esters is 1. The third kappa shape index (κ3) is 4.69. The lowest BCUT2D eigenvalue weighted by Crippen LogP contribution is -2.37. The van der Waals surface area contributed by atoms with Gasteiger partial charge in [-0.25, -0.2) is 4.79 Å². The topological polar surface area (TPSA) is 68.3 Å². The minimum Gasteiger partial charge on any atom is -0.449 e. The lowest BCUT2D eigenvalue weighted by molar-refractivity contribution is -0.129. The molecule has 0 saturated heterocycles. The average Bonchev–Trinajstić information content (AvgIpc) is 2.55. The predicted octanol–water partition coefficient (Wildman–Crippen LogP) is 3.81. The SMILES string of the molecule is C[C@H](NC(=O)[C@@H](C)OC(=O)c1ccncc1)c1ccc(Cl)cc1Cl. The van der Waals surface area contributed by atoms with Crippen molar-refractivity contribution in [1.29, 1.82) is 0 Å². The highest BCUT2D eigenvalue weighted by Crippen LogP contribution is 2.26. The Labute approximate surface area is 149 Å². The number of carbonyl (C=O) groups excluding carboxylic acids is 2. The van der Waals surface area contributed by atoms with Crippen LogP contribution in [0.4, 0.5) is 0 Å². The van der Waals surface area contributed by atoms with Crippen LogP contribution in [0.15, 0.2) is 42.7 Å². The van der Waals surface area contributed by atoms with E-state index in [4.69, 9.17) is 27.9 Å². The van der Waals surface area contributed by atoms with Gasteiger partial charge in [0.1, 0.15) is 0 Å². The van der Waals surface area contributed by atoms with E-state index in [0.717, 1.165) is 5.56 Å². The number of ether oxygens (including phenoxy) is 1. The van der Waals surface area contributed by atoms with Crippen LogP contribution in [-0.2, 0) is 9.53 Å². The number of benzene rings is 1. The number of rotatable bonds is 5. The average molecular weight is 367 g/mol. The minimum absolute atomic E-state index is 0.332. The number of carbonyl (C=O) groups is 2. The van der Waals surface area contributed by atoms with E-state index in [2.05, 4.69) is 10.3 Å². The van der Waals surface area contributed by atoms with E-state index in [1.165, 1.54) is 31.5 Å². The second kappa shape index (κ2) is 8.13. The Morgan fingerprint density at radius 3 is 2.42 bits per heavy atom. The van der Waals surface area contributed by atoms with Crippen molar-refractivity contribution < 1.29 is 14.3 Å². The van der Waals surface area contributed by atoms with Gasteiger partial charge in [0.25, 0.3) is 5.91 Å². The largest absolute Gasteiger partial charge is 0.449 e. The van der Waals surface area contributed by atoms with Crippen LogP contribution in [0.25, 0.3) is 0 Å². The first-order valence-corrected chi connectivity index (χ1v) is 8.00. The maximum atomic E-state index is 12.2. The molecule has 0 bridgehead atoms. The van der Waals surface area contributed by atoms with E-state index in [-0.39, 0.29) is 6.04 Å². The summed E-state index contributed by atoms with van der Waals surface area (Å²) in [4.78, 5) is 28.0. The molecule has 0 unspecified atom stereocenters. The van der Waals surface area contributed by atoms with Crippen LogP contribution in [0.1, 0.15) is 35.8 Å². The molecule has 0 radical (unpaired) electrons. The fourth-order valence-electron chi connectivity index (χ4n) is 2.03. The molecule has 2 rings (SSSR count). The van der Waals surface area contributed by atoms with Crippen molar-refractivity contribution in [3.8, 4) is 0 Å². The van der Waals surface area contributed by atoms with Crippen LogP contribution in [-0.4, -0.2) is 23.0 Å². The molecule has 0 saturated carbocycles. The third-order valence-electron chi connectivity index (χ3n) is 3.36. The molecule has 2 aromatic rings. The Morgan fingerprint density at radius 1 is 1.12 bits per heavy atom. The van der Waals surface area contributed by atoms with E-state index >= 15 is 0 Å². The first-order valence-electron chi connectivity index (χ1n) is 7.25. The zero-order valence-electron chi connectivity index (χ0n) is 13.1. The molecular weight excluding hydrogens is 351 g/mol. The number of aromatic nitrogens is 1. The van der Waals surface area contributed by atoms with Gasteiger partial charge in [-0.2, -0.15) is 0 Å². The molecule has 126 valence electrons. The van der Waals surface area contributed by atoms with Crippen molar-refractivity contribution in [3.63, 3.8) is 0 Å². The normalized spacial score (nSPS) is 13.0. The Kier molecular flexibility index (Phi) is 6.17. The van der Waals surface area contributed by atoms with Gasteiger partial charge in [-0.05, 0) is 43.7 Å². The van der Waals surface area contributed by atoms with Gasteiger partial charge >= 0.3 is 5.97 Å². The Bertz CT molecular complexity index is 738. The fraction of sp³-hybridized carbons (Fsp3) is 0.235. The van der Waals surface area contributed by atoms with Gasteiger partial charge in [0.15, 0.2) is 6.10 Å².